The van der Waals surface area contributed by atoms with Gasteiger partial charge in [-0.3, -0.25) is 0 Å². The normalized spacial score (nSPS) is 14.5. The molecule has 1 fully saturated rings. The molecule has 1 aromatic heterocycles. The van der Waals surface area contributed by atoms with Crippen LogP contribution in [0.2, 0.25) is 0 Å². The first-order valence-electron chi connectivity index (χ1n) is 6.33. The molecule has 1 aliphatic carbocycles. The smallest absolute Gasteiger partial charge is 0.156 e. The molecule has 0 radical (unpaired) electrons. The Hall–Kier alpha value is -1.51. The summed E-state index contributed by atoms with van der Waals surface area (Å²) in [7, 11) is 1.94. The van der Waals surface area contributed by atoms with Crippen LogP contribution in [0.25, 0.3) is 0 Å². The summed E-state index contributed by atoms with van der Waals surface area (Å²) in [6, 6.07) is 4.45. The molecule has 2 rings (SSSR count). The first-order valence-corrected chi connectivity index (χ1v) is 6.33. The number of pyridine rings is 1. The van der Waals surface area contributed by atoms with Gasteiger partial charge >= 0.3 is 0 Å². The first-order chi connectivity index (χ1) is 8.22. The van der Waals surface area contributed by atoms with E-state index in [0.717, 1.165) is 11.5 Å². The number of hydrogen-bond donors (Lipinski definition) is 1. The zero-order chi connectivity index (χ0) is 12.3. The van der Waals surface area contributed by atoms with Gasteiger partial charge in [-0.1, -0.05) is 5.57 Å². The number of allylic oxidation sites excluding steroid dienone is 1. The molecule has 92 valence electrons. The van der Waals surface area contributed by atoms with Gasteiger partial charge in [0.2, 0.25) is 0 Å². The molecule has 3 heteroatoms. The van der Waals surface area contributed by atoms with Gasteiger partial charge < -0.3 is 10.2 Å². The van der Waals surface area contributed by atoms with Gasteiger partial charge in [-0.25, -0.2) is 4.98 Å². The van der Waals surface area contributed by atoms with Crippen molar-refractivity contribution in [1.82, 2.24) is 4.98 Å². The maximum atomic E-state index is 4.50. The van der Waals surface area contributed by atoms with Gasteiger partial charge in [0.25, 0.3) is 0 Å². The molecule has 0 saturated heterocycles. The Bertz CT molecular complexity index is 404. The minimum atomic E-state index is 0.421. The van der Waals surface area contributed by atoms with Gasteiger partial charge in [0, 0.05) is 25.5 Å². The third-order valence-electron chi connectivity index (χ3n) is 3.17. The van der Waals surface area contributed by atoms with Crippen molar-refractivity contribution >= 4 is 11.5 Å². The summed E-state index contributed by atoms with van der Waals surface area (Å²) in [6.07, 6.45) is 7.94. The fraction of sp³-hybridized carbons (Fsp3) is 0.500. The van der Waals surface area contributed by atoms with Gasteiger partial charge in [-0.15, -0.1) is 0 Å². The van der Waals surface area contributed by atoms with Crippen molar-refractivity contribution in [2.45, 2.75) is 39.2 Å². The van der Waals surface area contributed by atoms with E-state index in [1.54, 1.807) is 0 Å². The second kappa shape index (κ2) is 5.21. The number of nitrogens with zero attached hydrogens (tertiary/aromatic N) is 2. The van der Waals surface area contributed by atoms with E-state index in [1.807, 2.05) is 19.3 Å². The van der Waals surface area contributed by atoms with Crippen LogP contribution in [0.3, 0.4) is 0 Å². The summed E-state index contributed by atoms with van der Waals surface area (Å²) >= 11 is 0. The third kappa shape index (κ3) is 2.60. The summed E-state index contributed by atoms with van der Waals surface area (Å²) in [5, 5.41) is 3.21. The lowest BCUT2D eigenvalue weighted by Crippen LogP contribution is -2.27. The van der Waals surface area contributed by atoms with Crippen molar-refractivity contribution in [2.24, 2.45) is 0 Å². The van der Waals surface area contributed by atoms with Crippen LogP contribution in [0.15, 0.2) is 30.1 Å². The van der Waals surface area contributed by atoms with Crippen LogP contribution >= 0.6 is 0 Å². The fourth-order valence-corrected chi connectivity index (χ4v) is 1.96. The average molecular weight is 231 g/mol. The largest absolute Gasteiger partial charge is 0.385 e. The first kappa shape index (κ1) is 12.0. The molecule has 0 unspecified atom stereocenters. The lowest BCUT2D eigenvalue weighted by atomic mass is 9.93. The molecule has 0 aliphatic heterocycles. The van der Waals surface area contributed by atoms with E-state index >= 15 is 0 Å². The molecule has 0 aromatic carbocycles. The predicted molar refractivity (Wildman–Crippen MR) is 73.3 cm³/mol. The lowest BCUT2D eigenvalue weighted by molar-refractivity contribution is 0.646. The molecule has 1 aromatic rings. The minimum Gasteiger partial charge on any atom is -0.385 e. The second-order valence-electron chi connectivity index (χ2n) is 4.77. The molecule has 1 heterocycles. The number of aromatic nitrogens is 1. The third-order valence-corrected chi connectivity index (χ3v) is 3.17. The van der Waals surface area contributed by atoms with Crippen LogP contribution in [0.1, 0.15) is 33.1 Å². The summed E-state index contributed by atoms with van der Waals surface area (Å²) in [5.41, 5.74) is 2.61. The van der Waals surface area contributed by atoms with E-state index in [9.17, 15) is 0 Å². The van der Waals surface area contributed by atoms with E-state index < -0.39 is 0 Å². The summed E-state index contributed by atoms with van der Waals surface area (Å²) in [6.45, 7) is 4.40. The number of rotatable bonds is 4. The highest BCUT2D eigenvalue weighted by Crippen LogP contribution is 2.30. The molecule has 17 heavy (non-hydrogen) atoms. The Morgan fingerprint density at radius 3 is 2.71 bits per heavy atom. The molecule has 3 nitrogen and oxygen atoms in total. The summed E-state index contributed by atoms with van der Waals surface area (Å²) < 4.78 is 0. The number of anilines is 2. The maximum Gasteiger partial charge on any atom is 0.156 e. The van der Waals surface area contributed by atoms with Gasteiger partial charge in [0.05, 0.1) is 5.69 Å². The van der Waals surface area contributed by atoms with Crippen molar-refractivity contribution in [3.8, 4) is 0 Å². The highest BCUT2D eigenvalue weighted by Gasteiger charge is 2.16. The van der Waals surface area contributed by atoms with Gasteiger partial charge in [-0.2, -0.15) is 0 Å². The molecule has 0 spiro atoms. The molecular weight excluding hydrogens is 210 g/mol. The topological polar surface area (TPSA) is 28.2 Å². The van der Waals surface area contributed by atoms with Gasteiger partial charge in [0.1, 0.15) is 0 Å². The SMILES string of the molecule is CNc1cccnc1N(C=C1CCC1)C(C)C. The second-order valence-corrected chi connectivity index (χ2v) is 4.77. The molecule has 0 atom stereocenters. The Morgan fingerprint density at radius 2 is 2.18 bits per heavy atom. The predicted octanol–water partition coefficient (Wildman–Crippen LogP) is 3.41. The highest BCUT2D eigenvalue weighted by molar-refractivity contribution is 5.67. The molecule has 0 amide bonds. The summed E-state index contributed by atoms with van der Waals surface area (Å²) in [5.74, 6) is 1.02. The van der Waals surface area contributed by atoms with Crippen molar-refractivity contribution in [3.05, 3.63) is 30.1 Å². The standard InChI is InChI=1S/C14H21N3/c1-11(2)17(10-12-6-4-7-12)14-13(15-3)8-5-9-16-14/h5,8-11,15H,4,6-7H2,1-3H3. The Balaban J connectivity index is 2.31. The van der Waals surface area contributed by atoms with Gasteiger partial charge in [0.15, 0.2) is 5.82 Å². The molecule has 1 saturated carbocycles. The highest BCUT2D eigenvalue weighted by atomic mass is 15.2. The van der Waals surface area contributed by atoms with E-state index in [0.29, 0.717) is 6.04 Å². The molecule has 1 aliphatic rings. The van der Waals surface area contributed by atoms with Crippen LogP contribution < -0.4 is 10.2 Å². The van der Waals surface area contributed by atoms with Crippen LogP contribution in [0.4, 0.5) is 11.5 Å². The average Bonchev–Trinajstić information content (AvgIpc) is 2.27. The van der Waals surface area contributed by atoms with Crippen molar-refractivity contribution < 1.29 is 0 Å². The minimum absolute atomic E-state index is 0.421. The number of hydrogen-bond acceptors (Lipinski definition) is 3. The monoisotopic (exact) mass is 231 g/mol. The molecular formula is C14H21N3. The Morgan fingerprint density at radius 1 is 1.41 bits per heavy atom. The van der Waals surface area contributed by atoms with Crippen LogP contribution in [-0.2, 0) is 0 Å². The summed E-state index contributed by atoms with van der Waals surface area (Å²) in [4.78, 5) is 6.77. The lowest BCUT2D eigenvalue weighted by Gasteiger charge is -2.29. The van der Waals surface area contributed by atoms with E-state index in [4.69, 9.17) is 0 Å². The molecule has 0 bridgehead atoms. The Labute approximate surface area is 104 Å². The van der Waals surface area contributed by atoms with Crippen LogP contribution in [0, 0.1) is 0 Å². The number of nitrogens with one attached hydrogen (secondary N) is 1. The van der Waals surface area contributed by atoms with E-state index in [2.05, 4.69) is 41.3 Å². The van der Waals surface area contributed by atoms with Crippen molar-refractivity contribution in [3.63, 3.8) is 0 Å². The van der Waals surface area contributed by atoms with Crippen LogP contribution in [-0.4, -0.2) is 18.1 Å². The van der Waals surface area contributed by atoms with Crippen LogP contribution in [0.5, 0.6) is 0 Å². The van der Waals surface area contributed by atoms with Crippen molar-refractivity contribution in [1.29, 1.82) is 0 Å². The van der Waals surface area contributed by atoms with E-state index in [1.165, 1.54) is 24.8 Å². The molecule has 1 N–H and O–H groups in total. The van der Waals surface area contributed by atoms with E-state index in [-0.39, 0.29) is 0 Å². The maximum absolute atomic E-state index is 4.50. The quantitative estimate of drug-likeness (QED) is 0.860. The zero-order valence-electron chi connectivity index (χ0n) is 10.9. The fourth-order valence-electron chi connectivity index (χ4n) is 1.96. The Kier molecular flexibility index (Phi) is 3.67. The van der Waals surface area contributed by atoms with Crippen molar-refractivity contribution in [2.75, 3.05) is 17.3 Å². The zero-order valence-corrected chi connectivity index (χ0v) is 10.9. The van der Waals surface area contributed by atoms with Gasteiger partial charge in [-0.05, 0) is 45.2 Å².